The van der Waals surface area contributed by atoms with Crippen molar-refractivity contribution in [2.75, 3.05) is 6.54 Å². The summed E-state index contributed by atoms with van der Waals surface area (Å²) in [4.78, 5) is 14.4. The molecule has 1 aromatic rings. The zero-order chi connectivity index (χ0) is 15.4. The number of amides is 1. The molecule has 3 atom stereocenters. The molecule has 0 heterocycles. The molecule has 0 spiro atoms. The van der Waals surface area contributed by atoms with Crippen LogP contribution in [-0.4, -0.2) is 23.4 Å². The second-order valence-electron chi connectivity index (χ2n) is 5.97. The molecule has 0 radical (unpaired) electrons. The lowest BCUT2D eigenvalue weighted by Gasteiger charge is -2.30. The SMILES string of the molecule is CCN(C(=O)C[C@@H]1CCC[C@H]1N)C(C)c1ccc(F)cc1. The molecule has 3 nitrogen and oxygen atoms in total. The minimum absolute atomic E-state index is 0.0410. The molecule has 0 bridgehead atoms. The normalized spacial score (nSPS) is 23.0. The highest BCUT2D eigenvalue weighted by atomic mass is 19.1. The average Bonchev–Trinajstić information content (AvgIpc) is 2.85. The van der Waals surface area contributed by atoms with Crippen LogP contribution < -0.4 is 5.73 Å². The Morgan fingerprint density at radius 2 is 2.05 bits per heavy atom. The Hall–Kier alpha value is -1.42. The monoisotopic (exact) mass is 292 g/mol. The predicted molar refractivity (Wildman–Crippen MR) is 82.1 cm³/mol. The van der Waals surface area contributed by atoms with Gasteiger partial charge in [-0.05, 0) is 50.3 Å². The van der Waals surface area contributed by atoms with Gasteiger partial charge in [-0.15, -0.1) is 0 Å². The van der Waals surface area contributed by atoms with E-state index < -0.39 is 0 Å². The summed E-state index contributed by atoms with van der Waals surface area (Å²) in [6, 6.07) is 6.50. The van der Waals surface area contributed by atoms with Crippen LogP contribution in [0.4, 0.5) is 4.39 Å². The lowest BCUT2D eigenvalue weighted by Crippen LogP contribution is -2.36. The maximum Gasteiger partial charge on any atom is 0.223 e. The molecule has 4 heteroatoms. The highest BCUT2D eigenvalue weighted by molar-refractivity contribution is 5.77. The zero-order valence-corrected chi connectivity index (χ0v) is 12.9. The highest BCUT2D eigenvalue weighted by Gasteiger charge is 2.29. The van der Waals surface area contributed by atoms with Gasteiger partial charge >= 0.3 is 0 Å². The first-order chi connectivity index (χ1) is 10.0. The van der Waals surface area contributed by atoms with Gasteiger partial charge in [0.25, 0.3) is 0 Å². The number of hydrogen-bond acceptors (Lipinski definition) is 2. The van der Waals surface area contributed by atoms with Gasteiger partial charge in [0.15, 0.2) is 0 Å². The lowest BCUT2D eigenvalue weighted by atomic mass is 9.98. The van der Waals surface area contributed by atoms with Gasteiger partial charge in [-0.25, -0.2) is 4.39 Å². The first-order valence-electron chi connectivity index (χ1n) is 7.83. The van der Waals surface area contributed by atoms with E-state index in [2.05, 4.69) is 0 Å². The van der Waals surface area contributed by atoms with Crippen molar-refractivity contribution in [1.29, 1.82) is 0 Å². The minimum Gasteiger partial charge on any atom is -0.336 e. The molecule has 0 aromatic heterocycles. The van der Waals surface area contributed by atoms with Crippen molar-refractivity contribution in [2.24, 2.45) is 11.7 Å². The number of nitrogens with zero attached hydrogens (tertiary/aromatic N) is 1. The van der Waals surface area contributed by atoms with Gasteiger partial charge in [-0.1, -0.05) is 18.6 Å². The van der Waals surface area contributed by atoms with Crippen molar-refractivity contribution in [3.63, 3.8) is 0 Å². The maximum absolute atomic E-state index is 13.0. The van der Waals surface area contributed by atoms with Gasteiger partial charge < -0.3 is 10.6 Å². The smallest absolute Gasteiger partial charge is 0.223 e. The number of carbonyl (C=O) groups excluding carboxylic acids is 1. The van der Waals surface area contributed by atoms with Gasteiger partial charge in [-0.3, -0.25) is 4.79 Å². The molecule has 0 aliphatic heterocycles. The van der Waals surface area contributed by atoms with Crippen molar-refractivity contribution in [3.8, 4) is 0 Å². The van der Waals surface area contributed by atoms with Crippen LogP contribution in [-0.2, 0) is 4.79 Å². The molecule has 116 valence electrons. The Bertz CT molecular complexity index is 474. The molecule has 1 saturated carbocycles. The predicted octanol–water partition coefficient (Wildman–Crippen LogP) is 3.25. The number of nitrogens with two attached hydrogens (primary N) is 1. The molecule has 21 heavy (non-hydrogen) atoms. The van der Waals surface area contributed by atoms with E-state index >= 15 is 0 Å². The Balaban J connectivity index is 2.03. The van der Waals surface area contributed by atoms with E-state index in [9.17, 15) is 9.18 Å². The number of rotatable bonds is 5. The highest BCUT2D eigenvalue weighted by Crippen LogP contribution is 2.29. The number of carbonyl (C=O) groups is 1. The van der Waals surface area contributed by atoms with Gasteiger partial charge in [-0.2, -0.15) is 0 Å². The molecule has 1 amide bonds. The standard InChI is InChI=1S/C17H25FN2O/c1-3-20(12(2)13-7-9-15(18)10-8-13)17(21)11-14-5-4-6-16(14)19/h7-10,12,14,16H,3-6,11,19H2,1-2H3/t12?,14-,16+/m0/s1. The second-order valence-corrected chi connectivity index (χ2v) is 5.97. The summed E-state index contributed by atoms with van der Waals surface area (Å²) < 4.78 is 13.0. The fourth-order valence-corrected chi connectivity index (χ4v) is 3.25. The van der Waals surface area contributed by atoms with E-state index in [1.807, 2.05) is 18.7 Å². The molecule has 1 fully saturated rings. The molecule has 1 aromatic carbocycles. The van der Waals surface area contributed by atoms with Gasteiger partial charge in [0, 0.05) is 19.0 Å². The third kappa shape index (κ3) is 3.82. The summed E-state index contributed by atoms with van der Waals surface area (Å²) >= 11 is 0. The number of halogens is 1. The Kier molecular flexibility index (Phi) is 5.34. The van der Waals surface area contributed by atoms with Gasteiger partial charge in [0.2, 0.25) is 5.91 Å². The Morgan fingerprint density at radius 1 is 1.38 bits per heavy atom. The van der Waals surface area contributed by atoms with E-state index in [1.165, 1.54) is 12.1 Å². The number of hydrogen-bond donors (Lipinski definition) is 1. The van der Waals surface area contributed by atoms with Crippen LogP contribution in [0.5, 0.6) is 0 Å². The summed E-state index contributed by atoms with van der Waals surface area (Å²) in [6.07, 6.45) is 3.73. The van der Waals surface area contributed by atoms with E-state index in [-0.39, 0.29) is 23.8 Å². The van der Waals surface area contributed by atoms with Crippen molar-refractivity contribution in [3.05, 3.63) is 35.6 Å². The van der Waals surface area contributed by atoms with E-state index in [1.54, 1.807) is 12.1 Å². The van der Waals surface area contributed by atoms with Gasteiger partial charge in [0.1, 0.15) is 5.82 Å². The fraction of sp³-hybridized carbons (Fsp3) is 0.588. The van der Waals surface area contributed by atoms with Crippen LogP contribution in [0.2, 0.25) is 0 Å². The summed E-state index contributed by atoms with van der Waals surface area (Å²) in [5.74, 6) is 0.209. The molecule has 0 saturated heterocycles. The van der Waals surface area contributed by atoms with Crippen LogP contribution >= 0.6 is 0 Å². The molecule has 2 rings (SSSR count). The van der Waals surface area contributed by atoms with E-state index in [0.717, 1.165) is 24.8 Å². The van der Waals surface area contributed by atoms with Crippen molar-refractivity contribution in [1.82, 2.24) is 4.90 Å². The van der Waals surface area contributed by atoms with Gasteiger partial charge in [0.05, 0.1) is 6.04 Å². The van der Waals surface area contributed by atoms with Crippen LogP contribution in [0.3, 0.4) is 0 Å². The molecular formula is C17H25FN2O. The molecular weight excluding hydrogens is 267 g/mol. The first-order valence-corrected chi connectivity index (χ1v) is 7.83. The number of benzene rings is 1. The van der Waals surface area contributed by atoms with Crippen LogP contribution in [0.15, 0.2) is 24.3 Å². The first kappa shape index (κ1) is 16.0. The average molecular weight is 292 g/mol. The van der Waals surface area contributed by atoms with Crippen molar-refractivity contribution < 1.29 is 9.18 Å². The summed E-state index contributed by atoms with van der Waals surface area (Å²) in [7, 11) is 0. The summed E-state index contributed by atoms with van der Waals surface area (Å²) in [6.45, 7) is 4.62. The summed E-state index contributed by atoms with van der Waals surface area (Å²) in [5.41, 5.74) is 7.02. The molecule has 2 N–H and O–H groups in total. The second kappa shape index (κ2) is 7.03. The van der Waals surface area contributed by atoms with E-state index in [0.29, 0.717) is 18.9 Å². The molecule has 1 unspecified atom stereocenters. The third-order valence-corrected chi connectivity index (χ3v) is 4.64. The topological polar surface area (TPSA) is 46.3 Å². The quantitative estimate of drug-likeness (QED) is 0.905. The van der Waals surface area contributed by atoms with Crippen molar-refractivity contribution >= 4 is 5.91 Å². The van der Waals surface area contributed by atoms with Crippen LogP contribution in [0.25, 0.3) is 0 Å². The lowest BCUT2D eigenvalue weighted by molar-refractivity contribution is -0.134. The Morgan fingerprint density at radius 3 is 2.57 bits per heavy atom. The Labute approximate surface area is 126 Å². The van der Waals surface area contributed by atoms with E-state index in [4.69, 9.17) is 5.73 Å². The van der Waals surface area contributed by atoms with Crippen LogP contribution in [0.1, 0.15) is 51.1 Å². The minimum atomic E-state index is -0.253. The largest absolute Gasteiger partial charge is 0.336 e. The van der Waals surface area contributed by atoms with Crippen LogP contribution in [0, 0.1) is 11.7 Å². The maximum atomic E-state index is 13.0. The molecule has 1 aliphatic carbocycles. The van der Waals surface area contributed by atoms with Crippen molar-refractivity contribution in [2.45, 2.75) is 51.6 Å². The fourth-order valence-electron chi connectivity index (χ4n) is 3.25. The zero-order valence-electron chi connectivity index (χ0n) is 12.9. The summed E-state index contributed by atoms with van der Waals surface area (Å²) in [5, 5.41) is 0. The molecule has 1 aliphatic rings. The third-order valence-electron chi connectivity index (χ3n) is 4.64.